The maximum Gasteiger partial charge on any atom is 0.283 e. The van der Waals surface area contributed by atoms with Gasteiger partial charge in [-0.15, -0.1) is 0 Å². The van der Waals surface area contributed by atoms with Crippen LogP contribution in [0.4, 0.5) is 0 Å². The van der Waals surface area contributed by atoms with E-state index in [1.54, 1.807) is 19.2 Å². The fourth-order valence-corrected chi connectivity index (χ4v) is 5.13. The molecular formula is C27H22N4O5S. The van der Waals surface area contributed by atoms with Crippen LogP contribution in [0.5, 0.6) is 17.2 Å². The third-order valence-corrected chi connectivity index (χ3v) is 7.02. The highest BCUT2D eigenvalue weighted by atomic mass is 32.2. The molecule has 3 heterocycles. The van der Waals surface area contributed by atoms with Gasteiger partial charge >= 0.3 is 0 Å². The van der Waals surface area contributed by atoms with Crippen molar-refractivity contribution in [2.45, 2.75) is 11.7 Å². The predicted octanol–water partition coefficient (Wildman–Crippen LogP) is 4.01. The predicted molar refractivity (Wildman–Crippen MR) is 141 cm³/mol. The smallest absolute Gasteiger partial charge is 0.283 e. The molecule has 0 bridgehead atoms. The van der Waals surface area contributed by atoms with E-state index in [-0.39, 0.29) is 24.0 Å². The van der Waals surface area contributed by atoms with Crippen LogP contribution in [0.15, 0.2) is 76.7 Å². The quantitative estimate of drug-likeness (QED) is 0.250. The van der Waals surface area contributed by atoms with Gasteiger partial charge in [-0.05, 0) is 35.9 Å². The number of carbonyl (C=O) groups excluding carboxylic acids is 1. The normalized spacial score (nSPS) is 12.2. The number of ether oxygens (including phenoxy) is 3. The molecule has 9 nitrogen and oxygen atoms in total. The summed E-state index contributed by atoms with van der Waals surface area (Å²) in [5, 5.41) is 4.15. The van der Waals surface area contributed by atoms with Crippen LogP contribution in [0.2, 0.25) is 0 Å². The Kier molecular flexibility index (Phi) is 5.93. The second-order valence-electron chi connectivity index (χ2n) is 8.35. The SMILES string of the molecule is COc1ccccc1-n1c(SCC(=O)NCc2ccc3c(c2)OCO3)nc2c([nH]c3ccccc32)c1=O. The molecule has 3 aromatic carbocycles. The van der Waals surface area contributed by atoms with E-state index < -0.39 is 0 Å². The van der Waals surface area contributed by atoms with Crippen LogP contribution in [-0.4, -0.2) is 40.1 Å². The molecule has 5 aromatic rings. The summed E-state index contributed by atoms with van der Waals surface area (Å²) in [6, 6.07) is 20.4. The largest absolute Gasteiger partial charge is 0.495 e. The summed E-state index contributed by atoms with van der Waals surface area (Å²) in [5.41, 5.74) is 2.95. The number of amides is 1. The van der Waals surface area contributed by atoms with Gasteiger partial charge in [-0.3, -0.25) is 9.59 Å². The number of aromatic amines is 1. The number of hydrogen-bond acceptors (Lipinski definition) is 7. The fraction of sp³-hybridized carbons (Fsp3) is 0.148. The van der Waals surface area contributed by atoms with E-state index in [9.17, 15) is 9.59 Å². The molecule has 0 saturated heterocycles. The monoisotopic (exact) mass is 514 g/mol. The maximum absolute atomic E-state index is 13.7. The number of nitrogens with one attached hydrogen (secondary N) is 2. The Balaban J connectivity index is 1.31. The van der Waals surface area contributed by atoms with Crippen molar-refractivity contribution in [2.75, 3.05) is 19.7 Å². The average molecular weight is 515 g/mol. The van der Waals surface area contributed by atoms with Crippen LogP contribution in [0.25, 0.3) is 27.6 Å². The Morgan fingerprint density at radius 3 is 2.81 bits per heavy atom. The molecule has 0 fully saturated rings. The lowest BCUT2D eigenvalue weighted by molar-refractivity contribution is -0.118. The van der Waals surface area contributed by atoms with Crippen LogP contribution in [0.1, 0.15) is 5.56 Å². The van der Waals surface area contributed by atoms with Crippen molar-refractivity contribution >= 4 is 39.6 Å². The van der Waals surface area contributed by atoms with E-state index in [1.807, 2.05) is 54.6 Å². The molecule has 0 aliphatic carbocycles. The molecule has 6 rings (SSSR count). The minimum Gasteiger partial charge on any atom is -0.495 e. The second-order valence-corrected chi connectivity index (χ2v) is 9.30. The molecule has 2 aromatic heterocycles. The third-order valence-electron chi connectivity index (χ3n) is 6.08. The highest BCUT2D eigenvalue weighted by Crippen LogP contribution is 2.33. The van der Waals surface area contributed by atoms with Crippen LogP contribution in [0, 0.1) is 0 Å². The van der Waals surface area contributed by atoms with Crippen molar-refractivity contribution < 1.29 is 19.0 Å². The van der Waals surface area contributed by atoms with Gasteiger partial charge in [0.15, 0.2) is 16.7 Å². The van der Waals surface area contributed by atoms with E-state index in [0.717, 1.165) is 16.5 Å². The summed E-state index contributed by atoms with van der Waals surface area (Å²) in [5.74, 6) is 1.76. The average Bonchev–Trinajstić information content (AvgIpc) is 3.55. The van der Waals surface area contributed by atoms with Gasteiger partial charge in [0.25, 0.3) is 5.56 Å². The van der Waals surface area contributed by atoms with Gasteiger partial charge in [-0.2, -0.15) is 0 Å². The fourth-order valence-electron chi connectivity index (χ4n) is 4.30. The molecule has 1 amide bonds. The van der Waals surface area contributed by atoms with Gasteiger partial charge < -0.3 is 24.5 Å². The van der Waals surface area contributed by atoms with Gasteiger partial charge in [0.2, 0.25) is 12.7 Å². The molecule has 0 saturated carbocycles. The first-order valence-electron chi connectivity index (χ1n) is 11.6. The Morgan fingerprint density at radius 2 is 1.92 bits per heavy atom. The van der Waals surface area contributed by atoms with Crippen LogP contribution in [-0.2, 0) is 11.3 Å². The lowest BCUT2D eigenvalue weighted by Gasteiger charge is -2.15. The van der Waals surface area contributed by atoms with Crippen molar-refractivity contribution in [2.24, 2.45) is 0 Å². The highest BCUT2D eigenvalue weighted by molar-refractivity contribution is 7.99. The molecule has 186 valence electrons. The number of carbonyl (C=O) groups is 1. The number of hydrogen-bond donors (Lipinski definition) is 2. The van der Waals surface area contributed by atoms with E-state index in [2.05, 4.69) is 10.3 Å². The Morgan fingerprint density at radius 1 is 1.11 bits per heavy atom. The van der Waals surface area contributed by atoms with E-state index in [4.69, 9.17) is 19.2 Å². The summed E-state index contributed by atoms with van der Waals surface area (Å²) >= 11 is 1.19. The Hall–Kier alpha value is -4.44. The van der Waals surface area contributed by atoms with Crippen molar-refractivity contribution in [1.82, 2.24) is 19.9 Å². The molecule has 0 spiro atoms. The number of aromatic nitrogens is 3. The summed E-state index contributed by atoms with van der Waals surface area (Å²) in [4.78, 5) is 34.5. The first-order chi connectivity index (χ1) is 18.1. The van der Waals surface area contributed by atoms with Crippen molar-refractivity contribution in [3.05, 3.63) is 82.6 Å². The van der Waals surface area contributed by atoms with Gasteiger partial charge in [-0.25, -0.2) is 9.55 Å². The number of para-hydroxylation sites is 3. The number of fused-ring (bicyclic) bond motifs is 4. The zero-order valence-corrected chi connectivity index (χ0v) is 20.6. The van der Waals surface area contributed by atoms with Gasteiger partial charge in [-0.1, -0.05) is 48.2 Å². The number of benzene rings is 3. The Bertz CT molecular complexity index is 1710. The lowest BCUT2D eigenvalue weighted by atomic mass is 10.2. The summed E-state index contributed by atoms with van der Waals surface area (Å²) in [7, 11) is 1.55. The van der Waals surface area contributed by atoms with Gasteiger partial charge in [0.05, 0.1) is 18.6 Å². The number of nitrogens with zero attached hydrogens (tertiary/aromatic N) is 2. The van der Waals surface area contributed by atoms with Crippen molar-refractivity contribution in [3.63, 3.8) is 0 Å². The van der Waals surface area contributed by atoms with Crippen molar-refractivity contribution in [3.8, 4) is 22.9 Å². The third kappa shape index (κ3) is 4.25. The minimum atomic E-state index is -0.269. The number of thioether (sulfide) groups is 1. The standard InChI is InChI=1S/C27H22N4O5S/c1-34-20-9-5-4-8-19(20)31-26(33)25-24(17-6-2-3-7-18(17)29-25)30-27(31)37-14-23(32)28-13-16-10-11-21-22(12-16)36-15-35-21/h2-12,29H,13-15H2,1H3,(H,28,32). The van der Waals surface area contributed by atoms with Gasteiger partial charge in [0.1, 0.15) is 16.8 Å². The molecule has 0 atom stereocenters. The topological polar surface area (TPSA) is 107 Å². The molecular weight excluding hydrogens is 492 g/mol. The molecule has 0 unspecified atom stereocenters. The van der Waals surface area contributed by atoms with E-state index >= 15 is 0 Å². The van der Waals surface area contributed by atoms with Crippen molar-refractivity contribution in [1.29, 1.82) is 0 Å². The lowest BCUT2D eigenvalue weighted by Crippen LogP contribution is -2.26. The van der Waals surface area contributed by atoms with Crippen LogP contribution in [0.3, 0.4) is 0 Å². The van der Waals surface area contributed by atoms with Crippen LogP contribution < -0.4 is 25.1 Å². The second kappa shape index (κ2) is 9.55. The van der Waals surface area contributed by atoms with Gasteiger partial charge in [0, 0.05) is 17.4 Å². The number of H-pyrrole nitrogens is 1. The molecule has 37 heavy (non-hydrogen) atoms. The molecule has 2 N–H and O–H groups in total. The van der Waals surface area contributed by atoms with E-state index in [0.29, 0.717) is 45.7 Å². The molecule has 1 aliphatic heterocycles. The van der Waals surface area contributed by atoms with E-state index in [1.165, 1.54) is 16.3 Å². The summed E-state index contributed by atoms with van der Waals surface area (Å²) in [6.45, 7) is 0.535. The number of methoxy groups -OCH3 is 1. The number of rotatable bonds is 7. The zero-order valence-electron chi connectivity index (χ0n) is 19.8. The molecule has 0 radical (unpaired) electrons. The summed E-state index contributed by atoms with van der Waals surface area (Å²) in [6.07, 6.45) is 0. The molecule has 1 aliphatic rings. The first kappa shape index (κ1) is 23.0. The molecule has 10 heteroatoms. The highest BCUT2D eigenvalue weighted by Gasteiger charge is 2.20. The maximum atomic E-state index is 13.7. The summed E-state index contributed by atoms with van der Waals surface area (Å²) < 4.78 is 17.7. The minimum absolute atomic E-state index is 0.0694. The first-order valence-corrected chi connectivity index (χ1v) is 12.6. The Labute approximate surface area is 215 Å². The zero-order chi connectivity index (χ0) is 25.4. The van der Waals surface area contributed by atoms with Crippen LogP contribution >= 0.6 is 11.8 Å².